The maximum Gasteiger partial charge on any atom is 0.0826 e. The monoisotopic (exact) mass is 230 g/mol. The molecule has 0 aromatic heterocycles. The van der Waals surface area contributed by atoms with Crippen molar-refractivity contribution in [3.05, 3.63) is 0 Å². The van der Waals surface area contributed by atoms with E-state index >= 15 is 0 Å². The molecule has 4 heteroatoms. The standard InChI is InChI=1S/C11H22N2OS/c1-12-8-11-9-13(4-5-14-11)10-2-6-15-7-3-10/h10-12H,2-9H2,1H3. The third-order valence-electron chi connectivity index (χ3n) is 3.31. The predicted octanol–water partition coefficient (Wildman–Crippen LogP) is 0.802. The Balaban J connectivity index is 1.80. The topological polar surface area (TPSA) is 24.5 Å². The summed E-state index contributed by atoms with van der Waals surface area (Å²) in [4.78, 5) is 2.64. The summed E-state index contributed by atoms with van der Waals surface area (Å²) in [5.74, 6) is 2.69. The molecule has 3 nitrogen and oxygen atoms in total. The Bertz CT molecular complexity index is 183. The molecule has 2 rings (SSSR count). The molecule has 0 amide bonds. The smallest absolute Gasteiger partial charge is 0.0826 e. The summed E-state index contributed by atoms with van der Waals surface area (Å²) >= 11 is 2.10. The van der Waals surface area contributed by atoms with E-state index in [4.69, 9.17) is 4.74 Å². The molecule has 2 fully saturated rings. The minimum absolute atomic E-state index is 0.401. The van der Waals surface area contributed by atoms with Crippen molar-refractivity contribution in [2.45, 2.75) is 25.0 Å². The third kappa shape index (κ3) is 3.34. The van der Waals surface area contributed by atoms with Crippen molar-refractivity contribution in [2.75, 3.05) is 44.8 Å². The van der Waals surface area contributed by atoms with Crippen LogP contribution in [0.2, 0.25) is 0 Å². The highest BCUT2D eigenvalue weighted by atomic mass is 32.2. The van der Waals surface area contributed by atoms with Crippen molar-refractivity contribution in [3.63, 3.8) is 0 Å². The molecule has 2 aliphatic rings. The fourth-order valence-corrected chi connectivity index (χ4v) is 3.56. The highest BCUT2D eigenvalue weighted by Crippen LogP contribution is 2.23. The molecule has 0 aromatic carbocycles. The lowest BCUT2D eigenvalue weighted by molar-refractivity contribution is -0.0422. The van der Waals surface area contributed by atoms with Gasteiger partial charge in [-0.2, -0.15) is 11.8 Å². The van der Waals surface area contributed by atoms with Crippen molar-refractivity contribution < 1.29 is 4.74 Å². The molecule has 0 spiro atoms. The summed E-state index contributed by atoms with van der Waals surface area (Å²) in [5.41, 5.74) is 0. The number of nitrogens with one attached hydrogen (secondary N) is 1. The van der Waals surface area contributed by atoms with Gasteiger partial charge in [0.05, 0.1) is 12.7 Å². The Labute approximate surface area is 96.9 Å². The van der Waals surface area contributed by atoms with Gasteiger partial charge in [0.1, 0.15) is 0 Å². The fraction of sp³-hybridized carbons (Fsp3) is 1.00. The Morgan fingerprint density at radius 3 is 2.93 bits per heavy atom. The number of hydrogen-bond acceptors (Lipinski definition) is 4. The van der Waals surface area contributed by atoms with Gasteiger partial charge in [-0.05, 0) is 31.4 Å². The Hall–Kier alpha value is 0.230. The van der Waals surface area contributed by atoms with Crippen molar-refractivity contribution in [3.8, 4) is 0 Å². The van der Waals surface area contributed by atoms with Crippen molar-refractivity contribution >= 4 is 11.8 Å². The Morgan fingerprint density at radius 2 is 2.20 bits per heavy atom. The van der Waals surface area contributed by atoms with E-state index in [0.717, 1.165) is 32.3 Å². The molecular formula is C11H22N2OS. The number of thioether (sulfide) groups is 1. The van der Waals surface area contributed by atoms with Crippen LogP contribution in [0, 0.1) is 0 Å². The van der Waals surface area contributed by atoms with Gasteiger partial charge in [0.25, 0.3) is 0 Å². The number of morpholine rings is 1. The molecule has 2 heterocycles. The second kappa shape index (κ2) is 6.09. The summed E-state index contributed by atoms with van der Waals surface area (Å²) in [5, 5.41) is 3.21. The van der Waals surface area contributed by atoms with Crippen LogP contribution in [-0.4, -0.2) is 61.8 Å². The number of ether oxygens (including phenoxy) is 1. The van der Waals surface area contributed by atoms with Gasteiger partial charge in [-0.15, -0.1) is 0 Å². The molecule has 2 saturated heterocycles. The van der Waals surface area contributed by atoms with Crippen LogP contribution in [0.25, 0.3) is 0 Å². The minimum Gasteiger partial charge on any atom is -0.374 e. The quantitative estimate of drug-likeness (QED) is 0.775. The molecule has 15 heavy (non-hydrogen) atoms. The molecule has 1 atom stereocenters. The molecule has 0 bridgehead atoms. The van der Waals surface area contributed by atoms with E-state index in [0.29, 0.717) is 6.10 Å². The molecule has 1 N–H and O–H groups in total. The average Bonchev–Trinajstić information content (AvgIpc) is 2.31. The molecule has 0 saturated carbocycles. The van der Waals surface area contributed by atoms with Gasteiger partial charge in [-0.3, -0.25) is 4.90 Å². The maximum atomic E-state index is 5.73. The summed E-state index contributed by atoms with van der Waals surface area (Å²) in [6.07, 6.45) is 3.15. The zero-order chi connectivity index (χ0) is 10.5. The molecule has 0 radical (unpaired) electrons. The van der Waals surface area contributed by atoms with E-state index in [2.05, 4.69) is 22.0 Å². The fourth-order valence-electron chi connectivity index (χ4n) is 2.48. The van der Waals surface area contributed by atoms with Gasteiger partial charge in [0, 0.05) is 25.7 Å². The van der Waals surface area contributed by atoms with Crippen LogP contribution < -0.4 is 5.32 Å². The zero-order valence-electron chi connectivity index (χ0n) is 9.58. The van der Waals surface area contributed by atoms with Gasteiger partial charge in [0.2, 0.25) is 0 Å². The number of rotatable bonds is 3. The van der Waals surface area contributed by atoms with Gasteiger partial charge in [-0.25, -0.2) is 0 Å². The lowest BCUT2D eigenvalue weighted by Crippen LogP contribution is -2.51. The first-order valence-electron chi connectivity index (χ1n) is 5.98. The Kier molecular flexibility index (Phi) is 4.75. The molecular weight excluding hydrogens is 208 g/mol. The van der Waals surface area contributed by atoms with Crippen LogP contribution in [-0.2, 0) is 4.74 Å². The van der Waals surface area contributed by atoms with E-state index in [1.807, 2.05) is 7.05 Å². The number of likely N-dealkylation sites (N-methyl/N-ethyl adjacent to an activating group) is 1. The van der Waals surface area contributed by atoms with E-state index in [1.165, 1.54) is 24.3 Å². The van der Waals surface area contributed by atoms with Gasteiger partial charge >= 0.3 is 0 Å². The molecule has 2 aliphatic heterocycles. The van der Waals surface area contributed by atoms with Gasteiger partial charge in [0.15, 0.2) is 0 Å². The normalized spacial score (nSPS) is 30.6. The summed E-state index contributed by atoms with van der Waals surface area (Å²) in [6, 6.07) is 0.828. The second-order valence-electron chi connectivity index (χ2n) is 4.39. The Morgan fingerprint density at radius 1 is 1.40 bits per heavy atom. The first kappa shape index (κ1) is 11.7. The number of hydrogen-bond donors (Lipinski definition) is 1. The van der Waals surface area contributed by atoms with Crippen molar-refractivity contribution in [2.24, 2.45) is 0 Å². The minimum atomic E-state index is 0.401. The van der Waals surface area contributed by atoms with Crippen molar-refractivity contribution in [1.82, 2.24) is 10.2 Å². The molecule has 0 aliphatic carbocycles. The molecule has 0 aromatic rings. The SMILES string of the molecule is CNCC1CN(C2CCSCC2)CCO1. The summed E-state index contributed by atoms with van der Waals surface area (Å²) < 4.78 is 5.73. The first-order valence-corrected chi connectivity index (χ1v) is 7.13. The molecule has 1 unspecified atom stereocenters. The summed E-state index contributed by atoms with van der Waals surface area (Å²) in [6.45, 7) is 4.15. The highest BCUT2D eigenvalue weighted by molar-refractivity contribution is 7.99. The second-order valence-corrected chi connectivity index (χ2v) is 5.61. The first-order chi connectivity index (χ1) is 7.40. The predicted molar refractivity (Wildman–Crippen MR) is 65.6 cm³/mol. The lowest BCUT2D eigenvalue weighted by atomic mass is 10.1. The van der Waals surface area contributed by atoms with E-state index in [-0.39, 0.29) is 0 Å². The van der Waals surface area contributed by atoms with Crippen LogP contribution in [0.4, 0.5) is 0 Å². The number of nitrogens with zero attached hydrogens (tertiary/aromatic N) is 1. The van der Waals surface area contributed by atoms with E-state index in [9.17, 15) is 0 Å². The van der Waals surface area contributed by atoms with E-state index in [1.54, 1.807) is 0 Å². The highest BCUT2D eigenvalue weighted by Gasteiger charge is 2.26. The van der Waals surface area contributed by atoms with Crippen molar-refractivity contribution in [1.29, 1.82) is 0 Å². The maximum absolute atomic E-state index is 5.73. The zero-order valence-corrected chi connectivity index (χ0v) is 10.4. The largest absolute Gasteiger partial charge is 0.374 e. The van der Waals surface area contributed by atoms with Crippen LogP contribution in [0.5, 0.6) is 0 Å². The van der Waals surface area contributed by atoms with Gasteiger partial charge in [-0.1, -0.05) is 0 Å². The lowest BCUT2D eigenvalue weighted by Gasteiger charge is -2.39. The summed E-state index contributed by atoms with van der Waals surface area (Å²) in [7, 11) is 2.00. The van der Waals surface area contributed by atoms with Crippen LogP contribution in [0.1, 0.15) is 12.8 Å². The third-order valence-corrected chi connectivity index (χ3v) is 4.36. The van der Waals surface area contributed by atoms with Crippen LogP contribution in [0.3, 0.4) is 0 Å². The van der Waals surface area contributed by atoms with E-state index < -0.39 is 0 Å². The van der Waals surface area contributed by atoms with Crippen LogP contribution >= 0.6 is 11.8 Å². The van der Waals surface area contributed by atoms with Gasteiger partial charge < -0.3 is 10.1 Å². The molecule has 88 valence electrons. The average molecular weight is 230 g/mol. The van der Waals surface area contributed by atoms with Crippen LogP contribution in [0.15, 0.2) is 0 Å².